The van der Waals surface area contributed by atoms with Crippen LogP contribution in [0.25, 0.3) is 0 Å². The maximum Gasteiger partial charge on any atom is 0.0498 e. The molecule has 0 spiro atoms. The van der Waals surface area contributed by atoms with E-state index in [0.29, 0.717) is 16.8 Å². The van der Waals surface area contributed by atoms with Crippen molar-refractivity contribution in [3.05, 3.63) is 28.8 Å². The van der Waals surface area contributed by atoms with Crippen molar-refractivity contribution in [1.29, 1.82) is 0 Å². The van der Waals surface area contributed by atoms with Gasteiger partial charge in [0.25, 0.3) is 0 Å². The average molecular weight is 329 g/mol. The zero-order valence-electron chi connectivity index (χ0n) is 12.9. The van der Waals surface area contributed by atoms with Crippen LogP contribution in [0.15, 0.2) is 18.2 Å². The fourth-order valence-electron chi connectivity index (χ4n) is 2.85. The van der Waals surface area contributed by atoms with Gasteiger partial charge in [0.2, 0.25) is 0 Å². The van der Waals surface area contributed by atoms with Gasteiger partial charge in [0, 0.05) is 52.6 Å². The lowest BCUT2D eigenvalue weighted by atomic mass is 10.0. The summed E-state index contributed by atoms with van der Waals surface area (Å²) in [5, 5.41) is 4.30. The van der Waals surface area contributed by atoms with Crippen LogP contribution in [-0.2, 0) is 16.6 Å². The minimum atomic E-state index is -0.868. The first-order valence-corrected chi connectivity index (χ1v) is 9.76. The van der Waals surface area contributed by atoms with Gasteiger partial charge in [-0.3, -0.25) is 4.21 Å². The van der Waals surface area contributed by atoms with Gasteiger partial charge in [0.15, 0.2) is 0 Å². The number of hydrogen-bond donors (Lipinski definition) is 1. The molecule has 0 bridgehead atoms. The Morgan fingerprint density at radius 3 is 2.71 bits per heavy atom. The van der Waals surface area contributed by atoms with E-state index in [0.717, 1.165) is 11.3 Å². The number of halogens is 1. The monoisotopic (exact) mass is 328 g/mol. The molecule has 1 aromatic rings. The van der Waals surface area contributed by atoms with Gasteiger partial charge < -0.3 is 10.2 Å². The molecule has 2 rings (SSSR count). The molecule has 0 radical (unpaired) electrons. The van der Waals surface area contributed by atoms with Gasteiger partial charge in [-0.25, -0.2) is 0 Å². The number of rotatable bonds is 6. The van der Waals surface area contributed by atoms with Gasteiger partial charge in [-0.1, -0.05) is 18.5 Å². The number of benzene rings is 1. The van der Waals surface area contributed by atoms with E-state index in [-0.39, 0.29) is 0 Å². The van der Waals surface area contributed by atoms with Crippen molar-refractivity contribution in [3.63, 3.8) is 0 Å². The molecule has 0 amide bonds. The number of hydrogen-bond acceptors (Lipinski definition) is 3. The third-order valence-electron chi connectivity index (χ3n) is 3.90. The van der Waals surface area contributed by atoms with E-state index in [9.17, 15) is 4.21 Å². The molecule has 1 aliphatic heterocycles. The summed E-state index contributed by atoms with van der Waals surface area (Å²) in [5.41, 5.74) is 2.06. The molecule has 1 unspecified atom stereocenters. The van der Waals surface area contributed by atoms with Crippen LogP contribution in [0.3, 0.4) is 0 Å². The van der Waals surface area contributed by atoms with Gasteiger partial charge in [0.05, 0.1) is 0 Å². The van der Waals surface area contributed by atoms with Gasteiger partial charge >= 0.3 is 0 Å². The topological polar surface area (TPSA) is 32.3 Å². The highest BCUT2D eigenvalue weighted by Crippen LogP contribution is 2.24. The van der Waals surface area contributed by atoms with E-state index < -0.39 is 10.8 Å². The number of anilines is 1. The summed E-state index contributed by atoms with van der Waals surface area (Å²) in [4.78, 5) is 2.53. The Morgan fingerprint density at radius 2 is 2.10 bits per heavy atom. The number of piperidine rings is 1. The minimum absolute atomic E-state index is 0.517. The van der Waals surface area contributed by atoms with Crippen molar-refractivity contribution in [1.82, 2.24) is 4.90 Å². The third kappa shape index (κ3) is 5.28. The molecule has 0 saturated carbocycles. The summed E-state index contributed by atoms with van der Waals surface area (Å²) < 4.78 is 11.4. The van der Waals surface area contributed by atoms with Crippen molar-refractivity contribution in [3.8, 4) is 0 Å². The second-order valence-corrected chi connectivity index (χ2v) is 7.63. The molecule has 1 saturated heterocycles. The molecule has 5 heteroatoms. The quantitative estimate of drug-likeness (QED) is 0.867. The zero-order valence-corrected chi connectivity index (χ0v) is 14.5. The van der Waals surface area contributed by atoms with Crippen molar-refractivity contribution >= 4 is 28.1 Å². The number of nitrogens with zero attached hydrogens (tertiary/aromatic N) is 1. The van der Waals surface area contributed by atoms with Crippen molar-refractivity contribution in [2.45, 2.75) is 38.0 Å². The van der Waals surface area contributed by atoms with Crippen molar-refractivity contribution in [2.75, 3.05) is 31.2 Å². The summed E-state index contributed by atoms with van der Waals surface area (Å²) in [5.74, 6) is 0.517. The summed E-state index contributed by atoms with van der Waals surface area (Å²) in [6.07, 6.45) is 5.29. The van der Waals surface area contributed by atoms with E-state index in [2.05, 4.69) is 17.1 Å². The fraction of sp³-hybridized carbons (Fsp3) is 0.625. The Hall–Kier alpha value is -0.580. The molecule has 1 heterocycles. The Balaban J connectivity index is 1.93. The highest BCUT2D eigenvalue weighted by atomic mass is 35.5. The summed E-state index contributed by atoms with van der Waals surface area (Å²) in [6, 6.07) is 6.49. The van der Waals surface area contributed by atoms with Crippen LogP contribution in [-0.4, -0.2) is 41.0 Å². The van der Waals surface area contributed by atoms with E-state index in [1.807, 2.05) is 18.2 Å². The zero-order chi connectivity index (χ0) is 15.2. The second kappa shape index (κ2) is 8.16. The van der Waals surface area contributed by atoms with E-state index in [4.69, 9.17) is 11.6 Å². The largest absolute Gasteiger partial charge is 0.382 e. The van der Waals surface area contributed by atoms with Crippen LogP contribution in [0.4, 0.5) is 5.69 Å². The normalized spacial score (nSPS) is 18.6. The summed E-state index contributed by atoms with van der Waals surface area (Å²) in [6.45, 7) is 5.78. The molecule has 0 aromatic heterocycles. The van der Waals surface area contributed by atoms with E-state index in [1.54, 1.807) is 6.26 Å². The van der Waals surface area contributed by atoms with Gasteiger partial charge in [-0.05, 0) is 49.6 Å². The second-order valence-electron chi connectivity index (χ2n) is 5.78. The minimum Gasteiger partial charge on any atom is -0.382 e. The Bertz CT molecular complexity index is 487. The lowest BCUT2D eigenvalue weighted by Gasteiger charge is -2.32. The van der Waals surface area contributed by atoms with Crippen molar-refractivity contribution in [2.24, 2.45) is 0 Å². The molecule has 118 valence electrons. The first kappa shape index (κ1) is 16.8. The first-order chi connectivity index (χ1) is 10.1. The van der Waals surface area contributed by atoms with Crippen LogP contribution in [0.5, 0.6) is 0 Å². The number of likely N-dealkylation sites (tertiary alicyclic amines) is 1. The van der Waals surface area contributed by atoms with E-state index >= 15 is 0 Å². The molecule has 1 fully saturated rings. The maximum absolute atomic E-state index is 11.4. The average Bonchev–Trinajstić information content (AvgIpc) is 2.44. The lowest BCUT2D eigenvalue weighted by Crippen LogP contribution is -2.39. The van der Waals surface area contributed by atoms with Crippen LogP contribution in [0.2, 0.25) is 5.02 Å². The summed E-state index contributed by atoms with van der Waals surface area (Å²) >= 11 is 6.17. The molecule has 3 nitrogen and oxygen atoms in total. The van der Waals surface area contributed by atoms with Gasteiger partial charge in [-0.2, -0.15) is 0 Å². The van der Waals surface area contributed by atoms with Crippen LogP contribution < -0.4 is 5.32 Å². The molecule has 21 heavy (non-hydrogen) atoms. The first-order valence-electron chi connectivity index (χ1n) is 7.66. The predicted molar refractivity (Wildman–Crippen MR) is 92.6 cm³/mol. The fourth-order valence-corrected chi connectivity index (χ4v) is 3.79. The Morgan fingerprint density at radius 1 is 1.38 bits per heavy atom. The number of nitrogens with one attached hydrogen (secondary N) is 1. The molecule has 1 aliphatic rings. The molecular weight excluding hydrogens is 304 g/mol. The molecular formula is C16H25ClN2OS. The highest BCUT2D eigenvalue weighted by Gasteiger charge is 2.18. The highest BCUT2D eigenvalue weighted by molar-refractivity contribution is 7.83. The molecule has 1 atom stereocenters. The van der Waals surface area contributed by atoms with Gasteiger partial charge in [-0.15, -0.1) is 0 Å². The van der Waals surface area contributed by atoms with Crippen molar-refractivity contribution < 1.29 is 4.21 Å². The van der Waals surface area contributed by atoms with Crippen LogP contribution in [0, 0.1) is 0 Å². The van der Waals surface area contributed by atoms with E-state index in [1.165, 1.54) is 38.9 Å². The maximum atomic E-state index is 11.4. The SMILES string of the molecule is CCCN1CCC(Nc2ccc(Cl)c(CS(C)=O)c2)CC1. The Kier molecular flexibility index (Phi) is 6.52. The summed E-state index contributed by atoms with van der Waals surface area (Å²) in [7, 11) is -0.868. The van der Waals surface area contributed by atoms with Gasteiger partial charge in [0.1, 0.15) is 0 Å². The molecule has 1 aromatic carbocycles. The standard InChI is InChI=1S/C16H25ClN2OS/c1-3-8-19-9-6-14(7-10-19)18-15-4-5-16(17)13(11-15)12-21(2)20/h4-5,11,14,18H,3,6-10,12H2,1-2H3. The molecule has 1 N–H and O–H groups in total. The predicted octanol–water partition coefficient (Wildman–Crippen LogP) is 3.50. The Labute approximate surface area is 135 Å². The van der Waals surface area contributed by atoms with Crippen LogP contribution >= 0.6 is 11.6 Å². The molecule has 0 aliphatic carbocycles. The smallest absolute Gasteiger partial charge is 0.0498 e. The van der Waals surface area contributed by atoms with Crippen LogP contribution in [0.1, 0.15) is 31.7 Å². The lowest BCUT2D eigenvalue weighted by molar-refractivity contribution is 0.219. The third-order valence-corrected chi connectivity index (χ3v) is 4.99.